The number of morpholine rings is 1. The fourth-order valence-electron chi connectivity index (χ4n) is 4.17. The molecule has 0 radical (unpaired) electrons. The fourth-order valence-corrected chi connectivity index (χ4v) is 5.93. The standard InChI is InChI=1S/C20H31N3O4S/c1-15-7-8-18(11-19(15)28(25,26)23-9-5-4-6-10-23)21-20(24)14-22-12-16(2)27-17(3)13-22/h7-8,11,16-17H,4-6,9-10,12-14H2,1-3H3,(H,21,24)/p+1/t16-,17+. The summed E-state index contributed by atoms with van der Waals surface area (Å²) in [6.45, 7) is 8.89. The van der Waals surface area contributed by atoms with Crippen molar-refractivity contribution in [3.8, 4) is 0 Å². The highest BCUT2D eigenvalue weighted by Crippen LogP contribution is 2.26. The highest BCUT2D eigenvalue weighted by molar-refractivity contribution is 7.89. The maximum atomic E-state index is 13.0. The number of quaternary nitrogens is 1. The van der Waals surface area contributed by atoms with Crippen molar-refractivity contribution in [2.45, 2.75) is 57.1 Å². The van der Waals surface area contributed by atoms with Crippen LogP contribution in [-0.2, 0) is 19.6 Å². The van der Waals surface area contributed by atoms with Crippen LogP contribution in [0.3, 0.4) is 0 Å². The number of nitrogens with one attached hydrogen (secondary N) is 2. The second-order valence-electron chi connectivity index (χ2n) is 8.09. The lowest BCUT2D eigenvalue weighted by atomic mass is 10.2. The summed E-state index contributed by atoms with van der Waals surface area (Å²) in [4.78, 5) is 14.0. The Kier molecular flexibility index (Phi) is 6.75. The predicted octanol–water partition coefficient (Wildman–Crippen LogP) is 0.800. The van der Waals surface area contributed by atoms with E-state index in [4.69, 9.17) is 4.74 Å². The van der Waals surface area contributed by atoms with Crippen molar-refractivity contribution in [3.63, 3.8) is 0 Å². The minimum absolute atomic E-state index is 0.110. The van der Waals surface area contributed by atoms with Gasteiger partial charge in [-0.05, 0) is 51.3 Å². The van der Waals surface area contributed by atoms with E-state index >= 15 is 0 Å². The third-order valence-electron chi connectivity index (χ3n) is 5.43. The maximum Gasteiger partial charge on any atom is 0.279 e. The predicted molar refractivity (Wildman–Crippen MR) is 108 cm³/mol. The van der Waals surface area contributed by atoms with Crippen LogP contribution >= 0.6 is 0 Å². The minimum Gasteiger partial charge on any atom is -0.364 e. The molecule has 0 aromatic heterocycles. The Morgan fingerprint density at radius 1 is 1.18 bits per heavy atom. The average molecular weight is 411 g/mol. The number of piperidine rings is 1. The van der Waals surface area contributed by atoms with Crippen molar-refractivity contribution in [2.24, 2.45) is 0 Å². The molecular formula is C20H32N3O4S+. The summed E-state index contributed by atoms with van der Waals surface area (Å²) < 4.78 is 33.3. The zero-order valence-electron chi connectivity index (χ0n) is 17.0. The summed E-state index contributed by atoms with van der Waals surface area (Å²) in [6.07, 6.45) is 3.13. The number of amides is 1. The molecule has 3 rings (SSSR count). The Balaban J connectivity index is 1.69. The summed E-state index contributed by atoms with van der Waals surface area (Å²) in [5.41, 5.74) is 1.23. The summed E-state index contributed by atoms with van der Waals surface area (Å²) in [5.74, 6) is -0.110. The van der Waals surface area contributed by atoms with Crippen LogP contribution in [0.4, 0.5) is 5.69 Å². The van der Waals surface area contributed by atoms with E-state index in [0.717, 1.165) is 32.4 Å². The lowest BCUT2D eigenvalue weighted by molar-refractivity contribution is -0.907. The van der Waals surface area contributed by atoms with Gasteiger partial charge in [-0.15, -0.1) is 0 Å². The number of nitrogens with zero attached hydrogens (tertiary/aromatic N) is 1. The first kappa shape index (κ1) is 21.2. The molecule has 1 amide bonds. The van der Waals surface area contributed by atoms with Gasteiger partial charge in [-0.2, -0.15) is 4.31 Å². The SMILES string of the molecule is Cc1ccc(NC(=O)C[NH+]2C[C@@H](C)O[C@@H](C)C2)cc1S(=O)(=O)N1CCCCC1. The molecule has 3 atom stereocenters. The molecule has 28 heavy (non-hydrogen) atoms. The summed E-state index contributed by atoms with van der Waals surface area (Å²) in [6, 6.07) is 5.12. The molecular weight excluding hydrogens is 378 g/mol. The largest absolute Gasteiger partial charge is 0.364 e. The van der Waals surface area contributed by atoms with Gasteiger partial charge in [-0.1, -0.05) is 12.5 Å². The van der Waals surface area contributed by atoms with Crippen LogP contribution in [0.25, 0.3) is 0 Å². The van der Waals surface area contributed by atoms with Crippen LogP contribution in [0.1, 0.15) is 38.7 Å². The first-order valence-corrected chi connectivity index (χ1v) is 11.6. The quantitative estimate of drug-likeness (QED) is 0.753. The Hall–Kier alpha value is -1.48. The van der Waals surface area contributed by atoms with Crippen LogP contribution in [0.15, 0.2) is 23.1 Å². The third kappa shape index (κ3) is 5.11. The number of sulfonamides is 1. The van der Waals surface area contributed by atoms with Gasteiger partial charge in [0.05, 0.1) is 4.90 Å². The molecule has 156 valence electrons. The number of ether oxygens (including phenoxy) is 1. The van der Waals surface area contributed by atoms with Gasteiger partial charge in [-0.25, -0.2) is 8.42 Å². The fraction of sp³-hybridized carbons (Fsp3) is 0.650. The lowest BCUT2D eigenvalue weighted by Crippen LogP contribution is -3.16. The molecule has 0 saturated carbocycles. The Morgan fingerprint density at radius 2 is 1.82 bits per heavy atom. The van der Waals surface area contributed by atoms with E-state index < -0.39 is 10.0 Å². The number of carbonyl (C=O) groups is 1. The molecule has 2 heterocycles. The van der Waals surface area contributed by atoms with Gasteiger partial charge in [0, 0.05) is 18.8 Å². The van der Waals surface area contributed by atoms with E-state index in [1.165, 1.54) is 4.90 Å². The van der Waals surface area contributed by atoms with Crippen LogP contribution in [0, 0.1) is 6.92 Å². The zero-order valence-corrected chi connectivity index (χ0v) is 17.8. The van der Waals surface area contributed by atoms with Gasteiger partial charge in [0.15, 0.2) is 6.54 Å². The second kappa shape index (κ2) is 8.90. The monoisotopic (exact) mass is 410 g/mol. The number of hydrogen-bond acceptors (Lipinski definition) is 4. The Labute approximate surface area is 168 Å². The smallest absolute Gasteiger partial charge is 0.279 e. The van der Waals surface area contributed by atoms with Crippen molar-refractivity contribution in [1.29, 1.82) is 0 Å². The molecule has 0 spiro atoms. The Bertz CT molecular complexity index is 796. The van der Waals surface area contributed by atoms with Crippen molar-refractivity contribution in [3.05, 3.63) is 23.8 Å². The summed E-state index contributed by atoms with van der Waals surface area (Å²) >= 11 is 0. The lowest BCUT2D eigenvalue weighted by Gasteiger charge is -2.31. The number of rotatable bonds is 5. The van der Waals surface area contributed by atoms with Gasteiger partial charge in [0.2, 0.25) is 10.0 Å². The highest BCUT2D eigenvalue weighted by atomic mass is 32.2. The molecule has 0 aliphatic carbocycles. The first-order chi connectivity index (χ1) is 13.3. The molecule has 2 saturated heterocycles. The number of benzene rings is 1. The molecule has 2 fully saturated rings. The molecule has 7 nitrogen and oxygen atoms in total. The van der Waals surface area contributed by atoms with Gasteiger partial charge in [-0.3, -0.25) is 4.79 Å². The van der Waals surface area contributed by atoms with Crippen molar-refractivity contribution < 1.29 is 22.8 Å². The topological polar surface area (TPSA) is 80.1 Å². The normalized spacial score (nSPS) is 26.8. The number of hydrogen-bond donors (Lipinski definition) is 2. The van der Waals surface area contributed by atoms with Crippen molar-refractivity contribution in [1.82, 2.24) is 4.31 Å². The Morgan fingerprint density at radius 3 is 2.46 bits per heavy atom. The van der Waals surface area contributed by atoms with Crippen LogP contribution < -0.4 is 10.2 Å². The van der Waals surface area contributed by atoms with Crippen LogP contribution in [0.5, 0.6) is 0 Å². The van der Waals surface area contributed by atoms with E-state index in [0.29, 0.717) is 30.9 Å². The minimum atomic E-state index is -3.53. The molecule has 1 aromatic carbocycles. The molecule has 2 N–H and O–H groups in total. The number of aryl methyl sites for hydroxylation is 1. The third-order valence-corrected chi connectivity index (χ3v) is 7.47. The first-order valence-electron chi connectivity index (χ1n) is 10.2. The van der Waals surface area contributed by atoms with Crippen molar-refractivity contribution >= 4 is 21.6 Å². The van der Waals surface area contributed by atoms with E-state index in [9.17, 15) is 13.2 Å². The van der Waals surface area contributed by atoms with Gasteiger partial charge < -0.3 is 15.0 Å². The van der Waals surface area contributed by atoms with Gasteiger partial charge in [0.1, 0.15) is 25.3 Å². The molecule has 1 unspecified atom stereocenters. The molecule has 2 aliphatic rings. The number of carbonyl (C=O) groups excluding carboxylic acids is 1. The van der Waals surface area contributed by atoms with Crippen molar-refractivity contribution in [2.75, 3.05) is 38.0 Å². The highest BCUT2D eigenvalue weighted by Gasteiger charge is 2.29. The number of anilines is 1. The zero-order chi connectivity index (χ0) is 20.3. The average Bonchev–Trinajstić information content (AvgIpc) is 2.63. The van der Waals surface area contributed by atoms with E-state index in [-0.39, 0.29) is 23.0 Å². The summed E-state index contributed by atoms with van der Waals surface area (Å²) in [5, 5.41) is 2.88. The van der Waals surface area contributed by atoms with Gasteiger partial charge in [0.25, 0.3) is 5.91 Å². The van der Waals surface area contributed by atoms with Gasteiger partial charge >= 0.3 is 0 Å². The molecule has 2 aliphatic heterocycles. The molecule has 8 heteroatoms. The molecule has 1 aromatic rings. The maximum absolute atomic E-state index is 13.0. The van der Waals surface area contributed by atoms with Crippen LogP contribution in [0.2, 0.25) is 0 Å². The molecule has 0 bridgehead atoms. The van der Waals surface area contributed by atoms with E-state index in [1.807, 2.05) is 13.8 Å². The summed E-state index contributed by atoms with van der Waals surface area (Å²) in [7, 11) is -3.53. The van der Waals surface area contributed by atoms with Crippen LogP contribution in [-0.4, -0.2) is 63.6 Å². The van der Waals surface area contributed by atoms with E-state index in [1.54, 1.807) is 29.4 Å². The van der Waals surface area contributed by atoms with E-state index in [2.05, 4.69) is 5.32 Å². The second-order valence-corrected chi connectivity index (χ2v) is 9.99.